The quantitative estimate of drug-likeness (QED) is 0.1000. The molecular weight excluding hydrogens is 1220 g/mol. The van der Waals surface area contributed by atoms with Crippen LogP contribution in [0.25, 0.3) is 113 Å². The number of hydrogen-bond donors (Lipinski definition) is 3. The number of H-pyrrole nitrogens is 3. The van der Waals surface area contributed by atoms with Gasteiger partial charge in [0.25, 0.3) is 0 Å². The largest absolute Gasteiger partial charge is 0.494 e. The molecule has 5 aromatic heterocycles. The molecule has 16 bridgehead atoms. The number of benzene rings is 8. The highest BCUT2D eigenvalue weighted by Crippen LogP contribution is 2.42. The van der Waals surface area contributed by atoms with Gasteiger partial charge >= 0.3 is 0 Å². The highest BCUT2D eigenvalue weighted by molar-refractivity contribution is 6.32. The van der Waals surface area contributed by atoms with Crippen LogP contribution < -0.4 is 15.4 Å². The van der Waals surface area contributed by atoms with Crippen molar-refractivity contribution in [1.82, 2.24) is 29.5 Å². The molecule has 0 saturated heterocycles. The predicted octanol–water partition coefficient (Wildman–Crippen LogP) is 19.6. The van der Waals surface area contributed by atoms with E-state index in [0.717, 1.165) is 184 Å². The standard InChI is InChI=1S/C91H64N8O/c1-8-23-59(24-9-1)84-67-57-83(91(65-35-20-7-21-36-65)82-54-53-79(98-82)89(64-33-18-6-19-34-64)78-48-43-71(93-78)85(60-25-10-2-11-26-60)70-42-41-69(84)92-70)99(58-67)55-22-56-100-68-39-37-66(38-40-68)90-80-51-49-76(96-80)87(62-29-14-4-15-30-62)74-46-44-72(94-74)86(61-27-12-3-13-28-61)73-45-47-75(95-73)88(63-31-16-5-17-32-63)77-50-52-81(90)97-77/h1-21,23-54,57-58,93-94,97H,22,55-56H2. The lowest BCUT2D eigenvalue weighted by atomic mass is 9.96. The van der Waals surface area contributed by atoms with Crippen LogP contribution in [0.2, 0.25) is 0 Å². The van der Waals surface area contributed by atoms with E-state index in [9.17, 15) is 0 Å². The van der Waals surface area contributed by atoms with Crippen LogP contribution in [0.15, 0.2) is 331 Å². The van der Waals surface area contributed by atoms with Crippen LogP contribution in [-0.2, 0) is 6.54 Å². The first-order valence-corrected chi connectivity index (χ1v) is 34.0. The zero-order valence-corrected chi connectivity index (χ0v) is 54.5. The van der Waals surface area contributed by atoms with E-state index < -0.39 is 0 Å². The molecule has 100 heavy (non-hydrogen) atoms. The van der Waals surface area contributed by atoms with Crippen LogP contribution in [0.4, 0.5) is 0 Å². The Kier molecular flexibility index (Phi) is 15.2. The maximum Gasteiger partial charge on any atom is 0.119 e. The van der Waals surface area contributed by atoms with Crippen molar-refractivity contribution in [2.24, 2.45) is 9.98 Å². The molecule has 0 atom stereocenters. The number of nitrogens with zero attached hydrogens (tertiary/aromatic N) is 5. The Morgan fingerprint density at radius 2 is 0.650 bits per heavy atom. The fourth-order valence-electron chi connectivity index (χ4n) is 14.6. The van der Waals surface area contributed by atoms with Crippen LogP contribution in [0, 0.1) is 0 Å². The van der Waals surface area contributed by atoms with Crippen molar-refractivity contribution in [3.8, 4) is 50.3 Å². The number of nitrogens with one attached hydrogen (secondary N) is 3. The Balaban J connectivity index is 0.742. The lowest BCUT2D eigenvalue weighted by molar-refractivity contribution is 0.301. The molecule has 0 amide bonds. The average molecular weight is 1290 g/mol. The van der Waals surface area contributed by atoms with E-state index >= 15 is 0 Å². The smallest absolute Gasteiger partial charge is 0.119 e. The van der Waals surface area contributed by atoms with Gasteiger partial charge in [-0.3, -0.25) is 0 Å². The topological polar surface area (TPSA) is 112 Å². The summed E-state index contributed by atoms with van der Waals surface area (Å²) in [7, 11) is 0. The molecule has 0 saturated carbocycles. The fourth-order valence-corrected chi connectivity index (χ4v) is 14.6. The van der Waals surface area contributed by atoms with Gasteiger partial charge in [-0.1, -0.05) is 224 Å². The van der Waals surface area contributed by atoms with Gasteiger partial charge in [0.1, 0.15) is 5.75 Å². The minimum absolute atomic E-state index is 0.462. The molecule has 0 fully saturated rings. The third-order valence-electron chi connectivity index (χ3n) is 19.1. The molecule has 3 N–H and O–H groups in total. The van der Waals surface area contributed by atoms with Gasteiger partial charge in [0.2, 0.25) is 0 Å². The Labute approximate surface area is 578 Å². The summed E-state index contributed by atoms with van der Waals surface area (Å²) >= 11 is 0. The Bertz CT molecular complexity index is 5910. The zero-order valence-electron chi connectivity index (χ0n) is 54.5. The van der Waals surface area contributed by atoms with E-state index in [2.05, 4.69) is 353 Å². The number of hydrogen-bond acceptors (Lipinski definition) is 5. The van der Waals surface area contributed by atoms with Crippen LogP contribution in [0.1, 0.15) is 62.7 Å². The van der Waals surface area contributed by atoms with Crippen LogP contribution >= 0.6 is 0 Å². The highest BCUT2D eigenvalue weighted by Gasteiger charge is 2.27. The fraction of sp³-hybridized carbons (Fsp3) is 0.0330. The lowest BCUT2D eigenvalue weighted by Crippen LogP contribution is -2.21. The number of aliphatic imine (C=N–C) groups is 2. The zero-order chi connectivity index (χ0) is 66.3. The molecule has 5 aliphatic heterocycles. The van der Waals surface area contributed by atoms with Gasteiger partial charge in [-0.2, -0.15) is 0 Å². The van der Waals surface area contributed by atoms with Crippen LogP contribution in [0.5, 0.6) is 5.75 Å². The summed E-state index contributed by atoms with van der Waals surface area (Å²) < 4.78 is 9.19. The maximum atomic E-state index is 6.79. The summed E-state index contributed by atoms with van der Waals surface area (Å²) in [5.74, 6) is 0.771. The Morgan fingerprint density at radius 1 is 0.300 bits per heavy atom. The Hall–Kier alpha value is -13.2. The SMILES string of the molecule is C1=CC2=C(c3ccccc3)c3cc(n(CCCOc4ccc(-c5c6nc(c(-c7ccccc7)c7ccc([nH]7)c(-c7ccccc7)c7nc(c(-c8ccccc8)c8ccc5[nH]8)C=C7)C=C6)cc4)c3)C(c3ccccc3)=C3C=CC(=N3)C(c3ccccc3)=c3ccc([nH]3)=C(c3ccccc3)C1=N2. The second kappa shape index (κ2) is 25.7. The minimum Gasteiger partial charge on any atom is -0.494 e. The molecule has 0 radical (unpaired) electrons. The van der Waals surface area contributed by atoms with Gasteiger partial charge in [-0.15, -0.1) is 0 Å². The van der Waals surface area contributed by atoms with Crippen molar-refractivity contribution in [2.45, 2.75) is 13.0 Å². The third-order valence-corrected chi connectivity index (χ3v) is 19.1. The molecule has 5 aliphatic rings. The van der Waals surface area contributed by atoms with Gasteiger partial charge in [-0.05, 0) is 154 Å². The number of rotatable bonds is 13. The van der Waals surface area contributed by atoms with E-state index in [1.54, 1.807) is 0 Å². The van der Waals surface area contributed by atoms with Crippen molar-refractivity contribution in [3.63, 3.8) is 0 Å². The van der Waals surface area contributed by atoms with Gasteiger partial charge < -0.3 is 24.3 Å². The van der Waals surface area contributed by atoms with Crippen LogP contribution in [0.3, 0.4) is 0 Å². The molecule has 9 nitrogen and oxygen atoms in total. The summed E-state index contributed by atoms with van der Waals surface area (Å²) in [6, 6.07) is 98.0. The number of aromatic amines is 3. The van der Waals surface area contributed by atoms with Crippen LogP contribution in [-0.4, -0.2) is 47.5 Å². The molecule has 474 valence electrons. The molecule has 0 spiro atoms. The summed E-state index contributed by atoms with van der Waals surface area (Å²) in [5, 5.41) is 1.93. The van der Waals surface area contributed by atoms with Gasteiger partial charge in [0.15, 0.2) is 0 Å². The summed E-state index contributed by atoms with van der Waals surface area (Å²) in [6.07, 6.45) is 20.3. The first-order valence-electron chi connectivity index (χ1n) is 34.0. The maximum absolute atomic E-state index is 6.79. The first-order chi connectivity index (χ1) is 49.6. The third kappa shape index (κ3) is 11.2. The van der Waals surface area contributed by atoms with E-state index in [1.807, 2.05) is 0 Å². The number of allylic oxidation sites excluding steroid dienone is 4. The number of aryl methyl sites for hydroxylation is 1. The van der Waals surface area contributed by atoms with Crippen molar-refractivity contribution in [1.29, 1.82) is 0 Å². The summed E-state index contributed by atoms with van der Waals surface area (Å²) in [6.45, 7) is 1.11. The molecule has 13 aromatic rings. The van der Waals surface area contributed by atoms with Crippen molar-refractivity contribution < 1.29 is 4.74 Å². The normalized spacial score (nSPS) is 13.8. The minimum atomic E-state index is 0.462. The van der Waals surface area contributed by atoms with Crippen molar-refractivity contribution in [2.75, 3.05) is 6.61 Å². The monoisotopic (exact) mass is 1280 g/mol. The van der Waals surface area contributed by atoms with Gasteiger partial charge in [-0.25, -0.2) is 20.0 Å². The van der Waals surface area contributed by atoms with E-state index in [1.165, 1.54) is 0 Å². The van der Waals surface area contributed by atoms with Crippen molar-refractivity contribution in [3.05, 3.63) is 388 Å². The predicted molar refractivity (Wildman–Crippen MR) is 411 cm³/mol. The summed E-state index contributed by atoms with van der Waals surface area (Å²) in [4.78, 5) is 33.9. The molecule has 0 unspecified atom stereocenters. The lowest BCUT2D eigenvalue weighted by Gasteiger charge is -2.15. The van der Waals surface area contributed by atoms with Crippen molar-refractivity contribution >= 4 is 80.1 Å². The second-order valence-corrected chi connectivity index (χ2v) is 25.3. The molecule has 8 aromatic carbocycles. The molecule has 9 heteroatoms. The van der Waals surface area contributed by atoms with Gasteiger partial charge in [0, 0.05) is 95.6 Å². The first kappa shape index (κ1) is 59.3. The molecule has 18 rings (SSSR count). The number of aromatic nitrogens is 6. The number of fused-ring (bicyclic) bond motifs is 14. The van der Waals surface area contributed by atoms with Gasteiger partial charge in [0.05, 0.1) is 57.9 Å². The van der Waals surface area contributed by atoms with E-state index in [0.29, 0.717) is 19.6 Å². The average Bonchev–Trinajstić information content (AvgIpc) is 1.62. The highest BCUT2D eigenvalue weighted by atomic mass is 16.5. The summed E-state index contributed by atoms with van der Waals surface area (Å²) in [5.41, 5.74) is 29.3. The number of ether oxygens (including phenoxy) is 1. The van der Waals surface area contributed by atoms with E-state index in [4.69, 9.17) is 24.7 Å². The molecular formula is C91H64N8O. The second-order valence-electron chi connectivity index (χ2n) is 25.3. The molecule has 10 heterocycles. The molecule has 0 aliphatic carbocycles. The Morgan fingerprint density at radius 3 is 1.05 bits per heavy atom. The van der Waals surface area contributed by atoms with E-state index in [-0.39, 0.29) is 0 Å².